The van der Waals surface area contributed by atoms with Crippen LogP contribution in [0.4, 0.5) is 16.2 Å². The zero-order valence-electron chi connectivity index (χ0n) is 21.7. The van der Waals surface area contributed by atoms with Gasteiger partial charge in [0.25, 0.3) is 0 Å². The normalized spacial score (nSPS) is 13.1. The van der Waals surface area contributed by atoms with E-state index in [-0.39, 0.29) is 11.7 Å². The summed E-state index contributed by atoms with van der Waals surface area (Å²) in [4.78, 5) is 39.2. The van der Waals surface area contributed by atoms with Gasteiger partial charge in [-0.25, -0.2) is 9.59 Å². The summed E-state index contributed by atoms with van der Waals surface area (Å²) in [6.45, 7) is 9.49. The number of urea groups is 1. The van der Waals surface area contributed by atoms with E-state index < -0.39 is 0 Å². The van der Waals surface area contributed by atoms with E-state index in [1.54, 1.807) is 73.9 Å². The second-order valence-electron chi connectivity index (χ2n) is 9.06. The highest BCUT2D eigenvalue weighted by molar-refractivity contribution is 7.10. The van der Waals surface area contributed by atoms with Gasteiger partial charge in [0.15, 0.2) is 0 Å². The molecule has 1 fully saturated rings. The molecule has 1 saturated heterocycles. The number of carbonyl (C=O) groups is 1. The molecule has 6 rings (SSSR count). The van der Waals surface area contributed by atoms with Crippen LogP contribution in [0.2, 0.25) is 0 Å². The van der Waals surface area contributed by atoms with Crippen molar-refractivity contribution in [3.8, 4) is 11.4 Å². The smallest absolute Gasteiger partial charge is 0.291 e. The van der Waals surface area contributed by atoms with Gasteiger partial charge in [0.1, 0.15) is 0 Å². The lowest BCUT2D eigenvalue weighted by Crippen LogP contribution is -2.31. The molecule has 0 aliphatic carbocycles. The number of imidazole rings is 1. The van der Waals surface area contributed by atoms with E-state index in [2.05, 4.69) is 23.0 Å². The molecule has 6 heterocycles. The predicted octanol–water partition coefficient (Wildman–Crippen LogP) is 5.91. The molecule has 0 atom stereocenters. The molecule has 2 amide bonds. The van der Waals surface area contributed by atoms with E-state index in [4.69, 9.17) is 0 Å². The monoisotopic (exact) mass is 544 g/mol. The number of amides is 2. The van der Waals surface area contributed by atoms with Gasteiger partial charge in [-0.2, -0.15) is 0 Å². The first-order valence-electron chi connectivity index (χ1n) is 12.1. The third kappa shape index (κ3) is 5.05. The molecule has 1 aliphatic heterocycles. The first-order chi connectivity index (χ1) is 18.3. The van der Waals surface area contributed by atoms with E-state index in [9.17, 15) is 9.59 Å². The summed E-state index contributed by atoms with van der Waals surface area (Å²) in [6, 6.07) is 7.93. The molecule has 0 unspecified atom stereocenters. The Morgan fingerprint density at radius 2 is 1.26 bits per heavy atom. The van der Waals surface area contributed by atoms with E-state index in [1.165, 1.54) is 9.75 Å². The van der Waals surface area contributed by atoms with Crippen molar-refractivity contribution >= 4 is 40.1 Å². The lowest BCUT2D eigenvalue weighted by Gasteiger charge is -2.19. The molecule has 5 aromatic rings. The molecule has 8 nitrogen and oxygen atoms in total. The van der Waals surface area contributed by atoms with Crippen molar-refractivity contribution in [2.24, 2.45) is 0 Å². The number of carbonyl (C=O) groups excluding carboxylic acids is 1. The summed E-state index contributed by atoms with van der Waals surface area (Å²) in [5.41, 5.74) is 5.65. The van der Waals surface area contributed by atoms with E-state index in [0.717, 1.165) is 40.4 Å². The quantitative estimate of drug-likeness (QED) is 0.282. The van der Waals surface area contributed by atoms with Crippen LogP contribution in [0.3, 0.4) is 0 Å². The van der Waals surface area contributed by atoms with Crippen LogP contribution >= 0.6 is 22.7 Å². The van der Waals surface area contributed by atoms with Gasteiger partial charge in [-0.15, -0.1) is 22.7 Å². The first kappa shape index (κ1) is 25.6. The van der Waals surface area contributed by atoms with Crippen molar-refractivity contribution in [2.75, 3.05) is 22.9 Å². The first-order valence-corrected chi connectivity index (χ1v) is 13.9. The Morgan fingerprint density at radius 1 is 0.711 bits per heavy atom. The van der Waals surface area contributed by atoms with E-state index in [1.807, 2.05) is 54.6 Å². The fourth-order valence-electron chi connectivity index (χ4n) is 4.33. The third-order valence-electron chi connectivity index (χ3n) is 6.38. The molecule has 0 aromatic carbocycles. The summed E-state index contributed by atoms with van der Waals surface area (Å²) in [5, 5.41) is 4.02. The standard InChI is InChI=1S/C14H15N3OS.C14H13N3OS/c2*1-10-3-4-15-8-13(10)17-6-5-16(14(17)18)12-7-11(2)19-9-12/h3-4,7-9H,5-6H2,1-2H3;3-9H,1-2H3. The van der Waals surface area contributed by atoms with Crippen LogP contribution in [0.15, 0.2) is 77.0 Å². The van der Waals surface area contributed by atoms with Crippen LogP contribution in [0.1, 0.15) is 20.9 Å². The zero-order chi connectivity index (χ0) is 26.8. The average Bonchev–Trinajstić information content (AvgIpc) is 3.69. The van der Waals surface area contributed by atoms with Crippen molar-refractivity contribution in [1.29, 1.82) is 0 Å². The number of hydrogen-bond acceptors (Lipinski definition) is 6. The number of nitrogens with zero attached hydrogens (tertiary/aromatic N) is 6. The molecular formula is C28H28N6O2S2. The third-order valence-corrected chi connectivity index (χ3v) is 8.08. The van der Waals surface area contributed by atoms with Gasteiger partial charge in [0.2, 0.25) is 0 Å². The second-order valence-corrected chi connectivity index (χ2v) is 11.3. The highest BCUT2D eigenvalue weighted by Gasteiger charge is 2.31. The van der Waals surface area contributed by atoms with Gasteiger partial charge in [0.05, 0.1) is 35.1 Å². The molecule has 0 bridgehead atoms. The number of aromatic nitrogens is 4. The number of pyridine rings is 2. The van der Waals surface area contributed by atoms with Crippen LogP contribution in [0, 0.1) is 27.7 Å². The summed E-state index contributed by atoms with van der Waals surface area (Å²) in [5.74, 6) is 0. The topological polar surface area (TPSA) is 76.3 Å². The van der Waals surface area contributed by atoms with Crippen molar-refractivity contribution in [1.82, 2.24) is 19.1 Å². The maximum absolute atomic E-state index is 12.5. The molecule has 38 heavy (non-hydrogen) atoms. The largest absolute Gasteiger partial charge is 0.337 e. The van der Waals surface area contributed by atoms with Crippen LogP contribution in [-0.4, -0.2) is 38.2 Å². The Bertz CT molecular complexity index is 1650. The van der Waals surface area contributed by atoms with Crippen molar-refractivity contribution in [3.05, 3.63) is 104 Å². The minimum absolute atomic E-state index is 0.0360. The van der Waals surface area contributed by atoms with Crippen molar-refractivity contribution in [3.63, 3.8) is 0 Å². The molecule has 10 heteroatoms. The molecule has 1 aliphatic rings. The van der Waals surface area contributed by atoms with Crippen LogP contribution < -0.4 is 15.5 Å². The molecule has 0 spiro atoms. The summed E-state index contributed by atoms with van der Waals surface area (Å²) in [6.07, 6.45) is 10.5. The van der Waals surface area contributed by atoms with Crippen LogP contribution in [0.25, 0.3) is 11.4 Å². The van der Waals surface area contributed by atoms with Crippen LogP contribution in [0.5, 0.6) is 0 Å². The molecule has 194 valence electrons. The van der Waals surface area contributed by atoms with Crippen molar-refractivity contribution < 1.29 is 4.79 Å². The molecule has 0 radical (unpaired) electrons. The maximum atomic E-state index is 12.5. The Labute approximate surface area is 229 Å². The van der Waals surface area contributed by atoms with E-state index >= 15 is 0 Å². The van der Waals surface area contributed by atoms with Gasteiger partial charge < -0.3 is 0 Å². The Morgan fingerprint density at radius 3 is 1.84 bits per heavy atom. The maximum Gasteiger partial charge on any atom is 0.337 e. The second kappa shape index (κ2) is 10.8. The molecule has 0 N–H and O–H groups in total. The van der Waals surface area contributed by atoms with Gasteiger partial charge >= 0.3 is 11.7 Å². The lowest BCUT2D eigenvalue weighted by atomic mass is 10.2. The van der Waals surface area contributed by atoms with Gasteiger partial charge in [-0.05, 0) is 63.1 Å². The molecule has 5 aromatic heterocycles. The van der Waals surface area contributed by atoms with Gasteiger partial charge in [-0.3, -0.25) is 28.9 Å². The highest BCUT2D eigenvalue weighted by Crippen LogP contribution is 2.29. The number of anilines is 2. The summed E-state index contributed by atoms with van der Waals surface area (Å²) < 4.78 is 3.27. The van der Waals surface area contributed by atoms with Crippen LogP contribution in [-0.2, 0) is 0 Å². The summed E-state index contributed by atoms with van der Waals surface area (Å²) in [7, 11) is 0. The van der Waals surface area contributed by atoms with E-state index in [0.29, 0.717) is 6.54 Å². The lowest BCUT2D eigenvalue weighted by molar-refractivity contribution is 0.256. The molecular weight excluding hydrogens is 516 g/mol. The Balaban J connectivity index is 0.000000155. The number of thiophene rings is 2. The Kier molecular flexibility index (Phi) is 7.26. The molecule has 0 saturated carbocycles. The predicted molar refractivity (Wildman–Crippen MR) is 155 cm³/mol. The SMILES string of the molecule is Cc1cc(-n2ccn(-c3cnccc3C)c2=O)cs1.Cc1cc(N2CCN(c3cnccc3C)C2=O)cs1. The summed E-state index contributed by atoms with van der Waals surface area (Å²) >= 11 is 3.30. The van der Waals surface area contributed by atoms with Gasteiger partial charge in [-0.1, -0.05) is 0 Å². The number of aryl methyl sites for hydroxylation is 4. The fourth-order valence-corrected chi connectivity index (χ4v) is 5.70. The fraction of sp³-hybridized carbons (Fsp3) is 0.214. The average molecular weight is 545 g/mol. The minimum atomic E-state index is -0.0751. The zero-order valence-corrected chi connectivity index (χ0v) is 23.3. The Hall–Kier alpha value is -4.02. The number of hydrogen-bond donors (Lipinski definition) is 0. The van der Waals surface area contributed by atoms with Gasteiger partial charge in [0, 0.05) is 58.4 Å². The highest BCUT2D eigenvalue weighted by atomic mass is 32.1. The minimum Gasteiger partial charge on any atom is -0.291 e. The van der Waals surface area contributed by atoms with Crippen molar-refractivity contribution in [2.45, 2.75) is 27.7 Å². The number of rotatable bonds is 4.